The molecular weight excluding hydrogens is 324 g/mol. The van der Waals surface area contributed by atoms with Gasteiger partial charge in [-0.25, -0.2) is 8.42 Å². The van der Waals surface area contributed by atoms with Crippen LogP contribution in [0.4, 0.5) is 0 Å². The van der Waals surface area contributed by atoms with Crippen LogP contribution in [-0.4, -0.2) is 42.6 Å². The Kier molecular flexibility index (Phi) is 5.16. The molecule has 1 rings (SSSR count). The average Bonchev–Trinajstić information content (AvgIpc) is 2.76. The van der Waals surface area contributed by atoms with Crippen LogP contribution >= 0.6 is 23.6 Å². The number of amides is 2. The molecule has 6 N–H and O–H groups in total. The lowest BCUT2D eigenvalue weighted by molar-refractivity contribution is -0.120. The van der Waals surface area contributed by atoms with Crippen molar-refractivity contribution < 1.29 is 18.0 Å². The van der Waals surface area contributed by atoms with Crippen molar-refractivity contribution in [3.05, 3.63) is 17.0 Å². The highest BCUT2D eigenvalue weighted by Crippen LogP contribution is 2.24. The van der Waals surface area contributed by atoms with E-state index in [1.54, 1.807) is 0 Å². The molecule has 1 aromatic heterocycles. The van der Waals surface area contributed by atoms with E-state index in [2.05, 4.69) is 0 Å². The Morgan fingerprint density at radius 3 is 2.00 bits per heavy atom. The van der Waals surface area contributed by atoms with Crippen molar-refractivity contribution in [3.63, 3.8) is 0 Å². The van der Waals surface area contributed by atoms with Gasteiger partial charge in [0.15, 0.2) is 0 Å². The van der Waals surface area contributed by atoms with Gasteiger partial charge in [0.05, 0.1) is 18.0 Å². The van der Waals surface area contributed by atoms with Gasteiger partial charge in [-0.15, -0.1) is 11.3 Å². The molecule has 8 nitrogen and oxygen atoms in total. The first-order valence-corrected chi connectivity index (χ1v) is 7.77. The SMILES string of the molecule is NC(=O)CN(CC(N)=O)S(=O)(=O)c1ccc(C(N)=S)s1. The first kappa shape index (κ1) is 16.5. The van der Waals surface area contributed by atoms with Gasteiger partial charge in [0.25, 0.3) is 10.0 Å². The maximum absolute atomic E-state index is 12.3. The van der Waals surface area contributed by atoms with Crippen LogP contribution < -0.4 is 17.2 Å². The largest absolute Gasteiger partial charge is 0.389 e. The lowest BCUT2D eigenvalue weighted by Crippen LogP contribution is -2.43. The van der Waals surface area contributed by atoms with Crippen LogP contribution in [0.2, 0.25) is 0 Å². The van der Waals surface area contributed by atoms with E-state index in [0.717, 1.165) is 11.3 Å². The number of primary amides is 2. The van der Waals surface area contributed by atoms with Crippen molar-refractivity contribution in [1.82, 2.24) is 4.31 Å². The van der Waals surface area contributed by atoms with E-state index in [0.29, 0.717) is 9.18 Å². The summed E-state index contributed by atoms with van der Waals surface area (Å²) in [7, 11) is -4.07. The number of hydrogen-bond donors (Lipinski definition) is 3. The van der Waals surface area contributed by atoms with Crippen molar-refractivity contribution >= 4 is 50.4 Å². The molecule has 11 heteroatoms. The molecule has 110 valence electrons. The van der Waals surface area contributed by atoms with E-state index in [1.807, 2.05) is 0 Å². The van der Waals surface area contributed by atoms with Crippen LogP contribution in [0.5, 0.6) is 0 Å². The topological polar surface area (TPSA) is 150 Å². The van der Waals surface area contributed by atoms with Crippen molar-refractivity contribution in [1.29, 1.82) is 0 Å². The number of carbonyl (C=O) groups is 2. The first-order chi connectivity index (χ1) is 9.14. The third kappa shape index (κ3) is 3.96. The molecule has 0 aliphatic rings. The monoisotopic (exact) mass is 336 g/mol. The molecule has 2 amide bonds. The molecule has 0 aliphatic heterocycles. The lowest BCUT2D eigenvalue weighted by Gasteiger charge is -2.17. The van der Waals surface area contributed by atoms with Gasteiger partial charge in [0.1, 0.15) is 9.20 Å². The van der Waals surface area contributed by atoms with Crippen LogP contribution in [0.1, 0.15) is 4.88 Å². The van der Waals surface area contributed by atoms with Gasteiger partial charge in [-0.3, -0.25) is 9.59 Å². The molecule has 1 heterocycles. The Morgan fingerprint density at radius 1 is 1.15 bits per heavy atom. The van der Waals surface area contributed by atoms with E-state index in [-0.39, 0.29) is 9.20 Å². The number of carbonyl (C=O) groups excluding carboxylic acids is 2. The summed E-state index contributed by atoms with van der Waals surface area (Å²) in [6.45, 7) is -1.29. The van der Waals surface area contributed by atoms with E-state index in [4.69, 9.17) is 29.4 Å². The van der Waals surface area contributed by atoms with E-state index >= 15 is 0 Å². The van der Waals surface area contributed by atoms with Crippen LogP contribution in [0, 0.1) is 0 Å². The summed E-state index contributed by atoms with van der Waals surface area (Å²) in [4.78, 5) is 22.3. The molecule has 0 radical (unpaired) electrons. The molecule has 20 heavy (non-hydrogen) atoms. The summed E-state index contributed by atoms with van der Waals surface area (Å²) in [5.41, 5.74) is 15.3. The van der Waals surface area contributed by atoms with Crippen LogP contribution in [0.15, 0.2) is 16.3 Å². The molecular formula is C9H12N4O4S3. The van der Waals surface area contributed by atoms with Crippen molar-refractivity contribution in [3.8, 4) is 0 Å². The van der Waals surface area contributed by atoms with Gasteiger partial charge in [-0.2, -0.15) is 4.31 Å². The number of hydrogen-bond acceptors (Lipinski definition) is 6. The molecule has 0 saturated heterocycles. The number of thiophene rings is 1. The zero-order valence-corrected chi connectivity index (χ0v) is 12.6. The third-order valence-corrected chi connectivity index (χ3v) is 5.81. The van der Waals surface area contributed by atoms with Gasteiger partial charge in [0, 0.05) is 0 Å². The highest BCUT2D eigenvalue weighted by atomic mass is 32.2. The quantitative estimate of drug-likeness (QED) is 0.507. The fourth-order valence-electron chi connectivity index (χ4n) is 1.29. The Bertz CT molecular complexity index is 636. The number of sulfonamides is 1. The molecule has 0 saturated carbocycles. The molecule has 0 fully saturated rings. The Hall–Kier alpha value is -1.56. The minimum Gasteiger partial charge on any atom is -0.389 e. The average molecular weight is 336 g/mol. The predicted octanol–water partition coefficient (Wildman–Crippen LogP) is -1.66. The predicted molar refractivity (Wildman–Crippen MR) is 77.4 cm³/mol. The van der Waals surface area contributed by atoms with E-state index in [9.17, 15) is 18.0 Å². The summed E-state index contributed by atoms with van der Waals surface area (Å²) in [5.74, 6) is -1.80. The van der Waals surface area contributed by atoms with Gasteiger partial charge in [-0.1, -0.05) is 12.2 Å². The van der Waals surface area contributed by atoms with Gasteiger partial charge >= 0.3 is 0 Å². The Balaban J connectivity index is 3.16. The minimum absolute atomic E-state index is 0.0489. The lowest BCUT2D eigenvalue weighted by atomic mass is 10.5. The zero-order chi connectivity index (χ0) is 15.5. The number of thiocarbonyl (C=S) groups is 1. The normalized spacial score (nSPS) is 11.4. The fourth-order valence-corrected chi connectivity index (χ4v) is 4.17. The van der Waals surface area contributed by atoms with Gasteiger partial charge < -0.3 is 17.2 Å². The maximum atomic E-state index is 12.3. The summed E-state index contributed by atoms with van der Waals surface area (Å²) in [5, 5.41) is 0. The maximum Gasteiger partial charge on any atom is 0.253 e. The second-order valence-corrected chi connectivity index (χ2v) is 7.38. The fraction of sp³-hybridized carbons (Fsp3) is 0.222. The summed E-state index contributed by atoms with van der Waals surface area (Å²) in [6.07, 6.45) is 0. The molecule has 0 aromatic carbocycles. The first-order valence-electron chi connectivity index (χ1n) is 5.11. The Labute approximate surface area is 124 Å². The number of rotatable bonds is 7. The van der Waals surface area contributed by atoms with Crippen molar-refractivity contribution in [2.75, 3.05) is 13.1 Å². The molecule has 0 atom stereocenters. The smallest absolute Gasteiger partial charge is 0.253 e. The van der Waals surface area contributed by atoms with E-state index in [1.165, 1.54) is 12.1 Å². The van der Waals surface area contributed by atoms with Gasteiger partial charge in [0.2, 0.25) is 11.8 Å². The molecule has 0 spiro atoms. The minimum atomic E-state index is -4.07. The molecule has 0 aliphatic carbocycles. The summed E-state index contributed by atoms with van der Waals surface area (Å²) in [6, 6.07) is 2.72. The summed E-state index contributed by atoms with van der Waals surface area (Å²) >= 11 is 5.57. The van der Waals surface area contributed by atoms with E-state index < -0.39 is 34.9 Å². The van der Waals surface area contributed by atoms with Crippen LogP contribution in [-0.2, 0) is 19.6 Å². The van der Waals surface area contributed by atoms with Gasteiger partial charge in [-0.05, 0) is 12.1 Å². The second-order valence-electron chi connectivity index (χ2n) is 3.69. The highest BCUT2D eigenvalue weighted by molar-refractivity contribution is 7.91. The molecule has 0 unspecified atom stereocenters. The number of nitrogens with two attached hydrogens (primary N) is 3. The highest BCUT2D eigenvalue weighted by Gasteiger charge is 2.29. The molecule has 0 bridgehead atoms. The second kappa shape index (κ2) is 6.26. The Morgan fingerprint density at radius 2 is 1.65 bits per heavy atom. The molecule has 1 aromatic rings. The van der Waals surface area contributed by atoms with Crippen LogP contribution in [0.3, 0.4) is 0 Å². The third-order valence-electron chi connectivity index (χ3n) is 2.08. The van der Waals surface area contributed by atoms with Crippen molar-refractivity contribution in [2.45, 2.75) is 4.21 Å². The van der Waals surface area contributed by atoms with Crippen molar-refractivity contribution in [2.24, 2.45) is 17.2 Å². The number of nitrogens with zero attached hydrogens (tertiary/aromatic N) is 1. The standard InChI is InChI=1S/C9H12N4O4S3/c10-6(14)3-13(4-7(11)15)20(16,17)8-2-1-5(19-8)9(12)18/h1-2H,3-4H2,(H2,10,14)(H2,11,15)(H2,12,18). The zero-order valence-electron chi connectivity index (χ0n) is 10.1. The summed E-state index contributed by atoms with van der Waals surface area (Å²) < 4.78 is 25.0. The van der Waals surface area contributed by atoms with Crippen LogP contribution in [0.25, 0.3) is 0 Å².